The van der Waals surface area contributed by atoms with Crippen LogP contribution < -0.4 is 5.43 Å². The van der Waals surface area contributed by atoms with Crippen LogP contribution in [0.2, 0.25) is 0 Å². The first-order valence-corrected chi connectivity index (χ1v) is 6.61. The normalized spacial score (nSPS) is 10.9. The highest BCUT2D eigenvalue weighted by molar-refractivity contribution is 9.10. The van der Waals surface area contributed by atoms with E-state index in [1.165, 1.54) is 0 Å². The molecule has 0 fully saturated rings. The molecule has 0 atom stereocenters. The molecule has 0 aliphatic rings. The predicted octanol–water partition coefficient (Wildman–Crippen LogP) is 3.16. The number of nitrogens with one attached hydrogen (secondary N) is 2. The van der Waals surface area contributed by atoms with E-state index in [4.69, 9.17) is 0 Å². The Balaban J connectivity index is 2.05. The number of carbonyl (C=O) groups excluding carboxylic acids is 1. The van der Waals surface area contributed by atoms with Crippen molar-refractivity contribution in [2.24, 2.45) is 5.10 Å². The number of rotatable bonds is 3. The molecule has 0 aliphatic carbocycles. The van der Waals surface area contributed by atoms with E-state index in [-0.39, 0.29) is 5.91 Å². The molecule has 1 heterocycles. The first-order valence-electron chi connectivity index (χ1n) is 5.82. The lowest BCUT2D eigenvalue weighted by Crippen LogP contribution is -2.18. The van der Waals surface area contributed by atoms with Crippen LogP contribution in [0.1, 0.15) is 27.3 Å². The Morgan fingerprint density at radius 3 is 2.74 bits per heavy atom. The van der Waals surface area contributed by atoms with E-state index in [0.717, 1.165) is 21.4 Å². The highest BCUT2D eigenvalue weighted by Gasteiger charge is 2.07. The summed E-state index contributed by atoms with van der Waals surface area (Å²) in [7, 11) is 0. The summed E-state index contributed by atoms with van der Waals surface area (Å²) in [5, 5.41) is 3.97. The maximum Gasteiger partial charge on any atom is 0.272 e. The third-order valence-electron chi connectivity index (χ3n) is 2.68. The van der Waals surface area contributed by atoms with Gasteiger partial charge in [-0.15, -0.1) is 0 Å². The minimum absolute atomic E-state index is 0.242. The van der Waals surface area contributed by atoms with E-state index in [9.17, 15) is 4.79 Å². The number of aromatic amines is 1. The van der Waals surface area contributed by atoms with Crippen molar-refractivity contribution in [1.82, 2.24) is 10.4 Å². The van der Waals surface area contributed by atoms with Crippen LogP contribution in [0.3, 0.4) is 0 Å². The Morgan fingerprint density at radius 2 is 2.11 bits per heavy atom. The summed E-state index contributed by atoms with van der Waals surface area (Å²) in [5.41, 5.74) is 6.12. The van der Waals surface area contributed by atoms with E-state index < -0.39 is 0 Å². The SMILES string of the molecule is Cc1cc(/C=N/NC(=O)c2ccccc2Br)c(C)[nH]1. The second-order valence-corrected chi connectivity index (χ2v) is 5.07. The number of hydrogen-bond acceptors (Lipinski definition) is 2. The summed E-state index contributed by atoms with van der Waals surface area (Å²) in [4.78, 5) is 15.1. The zero-order valence-electron chi connectivity index (χ0n) is 10.7. The minimum atomic E-state index is -0.242. The molecule has 1 aromatic carbocycles. The van der Waals surface area contributed by atoms with Crippen LogP contribution in [0.25, 0.3) is 0 Å². The van der Waals surface area contributed by atoms with E-state index in [1.807, 2.05) is 38.1 Å². The summed E-state index contributed by atoms with van der Waals surface area (Å²) in [6.07, 6.45) is 1.63. The number of benzene rings is 1. The van der Waals surface area contributed by atoms with Crippen molar-refractivity contribution in [1.29, 1.82) is 0 Å². The van der Waals surface area contributed by atoms with Gasteiger partial charge in [-0.05, 0) is 48.0 Å². The number of hydrogen-bond donors (Lipinski definition) is 2. The van der Waals surface area contributed by atoms with E-state index in [1.54, 1.807) is 12.3 Å². The Bertz CT molecular complexity index is 631. The monoisotopic (exact) mass is 319 g/mol. The van der Waals surface area contributed by atoms with Gasteiger partial charge < -0.3 is 4.98 Å². The molecule has 4 nitrogen and oxygen atoms in total. The highest BCUT2D eigenvalue weighted by atomic mass is 79.9. The second-order valence-electron chi connectivity index (χ2n) is 4.21. The molecule has 2 N–H and O–H groups in total. The summed E-state index contributed by atoms with van der Waals surface area (Å²) < 4.78 is 0.747. The fraction of sp³-hybridized carbons (Fsp3) is 0.143. The van der Waals surface area contributed by atoms with Gasteiger partial charge in [-0.25, -0.2) is 5.43 Å². The van der Waals surface area contributed by atoms with Gasteiger partial charge in [0.15, 0.2) is 0 Å². The van der Waals surface area contributed by atoms with Crippen LogP contribution in [0.4, 0.5) is 0 Å². The smallest absolute Gasteiger partial charge is 0.272 e. The van der Waals surface area contributed by atoms with Gasteiger partial charge in [0.05, 0.1) is 11.8 Å². The van der Waals surface area contributed by atoms with Crippen molar-refractivity contribution < 1.29 is 4.79 Å². The lowest BCUT2D eigenvalue weighted by molar-refractivity contribution is 0.0954. The van der Waals surface area contributed by atoms with Gasteiger partial charge in [-0.3, -0.25) is 4.79 Å². The van der Waals surface area contributed by atoms with Crippen molar-refractivity contribution in [3.8, 4) is 0 Å². The molecule has 1 aromatic heterocycles. The molecule has 0 bridgehead atoms. The van der Waals surface area contributed by atoms with Crippen LogP contribution in [0.5, 0.6) is 0 Å². The van der Waals surface area contributed by atoms with Gasteiger partial charge in [0, 0.05) is 21.4 Å². The fourth-order valence-corrected chi connectivity index (χ4v) is 2.21. The summed E-state index contributed by atoms with van der Waals surface area (Å²) in [6, 6.07) is 9.20. The van der Waals surface area contributed by atoms with Gasteiger partial charge in [-0.1, -0.05) is 12.1 Å². The van der Waals surface area contributed by atoms with Gasteiger partial charge >= 0.3 is 0 Å². The molecule has 0 saturated carbocycles. The van der Waals surface area contributed by atoms with Gasteiger partial charge in [0.25, 0.3) is 5.91 Å². The van der Waals surface area contributed by atoms with Crippen molar-refractivity contribution in [3.63, 3.8) is 0 Å². The molecule has 2 rings (SSSR count). The van der Waals surface area contributed by atoms with Crippen molar-refractivity contribution in [2.75, 3.05) is 0 Å². The molecule has 0 aliphatic heterocycles. The van der Waals surface area contributed by atoms with Crippen molar-refractivity contribution in [2.45, 2.75) is 13.8 Å². The van der Waals surface area contributed by atoms with Crippen LogP contribution in [-0.4, -0.2) is 17.1 Å². The van der Waals surface area contributed by atoms with E-state index in [2.05, 4.69) is 31.4 Å². The van der Waals surface area contributed by atoms with Crippen LogP contribution in [0, 0.1) is 13.8 Å². The van der Waals surface area contributed by atoms with Crippen molar-refractivity contribution in [3.05, 3.63) is 57.3 Å². The van der Waals surface area contributed by atoms with E-state index in [0.29, 0.717) is 5.56 Å². The molecule has 2 aromatic rings. The molecular formula is C14H14BrN3O. The molecule has 0 unspecified atom stereocenters. The van der Waals surface area contributed by atoms with Gasteiger partial charge in [0.2, 0.25) is 0 Å². The maximum atomic E-state index is 11.9. The Morgan fingerprint density at radius 1 is 1.37 bits per heavy atom. The minimum Gasteiger partial charge on any atom is -0.362 e. The summed E-state index contributed by atoms with van der Waals surface area (Å²) in [5.74, 6) is -0.242. The predicted molar refractivity (Wildman–Crippen MR) is 79.5 cm³/mol. The highest BCUT2D eigenvalue weighted by Crippen LogP contribution is 2.15. The quantitative estimate of drug-likeness (QED) is 0.662. The summed E-state index contributed by atoms with van der Waals surface area (Å²) in [6.45, 7) is 3.94. The zero-order chi connectivity index (χ0) is 13.8. The zero-order valence-corrected chi connectivity index (χ0v) is 12.3. The molecule has 0 saturated heterocycles. The first-order chi connectivity index (χ1) is 9.08. The van der Waals surface area contributed by atoms with Crippen LogP contribution in [0.15, 0.2) is 39.9 Å². The third-order valence-corrected chi connectivity index (χ3v) is 3.37. The van der Waals surface area contributed by atoms with Crippen LogP contribution in [-0.2, 0) is 0 Å². The maximum absolute atomic E-state index is 11.9. The molecule has 0 spiro atoms. The van der Waals surface area contributed by atoms with Gasteiger partial charge in [0.1, 0.15) is 0 Å². The topological polar surface area (TPSA) is 57.2 Å². The number of aryl methyl sites for hydroxylation is 2. The molecule has 98 valence electrons. The Labute approximate surface area is 120 Å². The van der Waals surface area contributed by atoms with Crippen LogP contribution >= 0.6 is 15.9 Å². The number of carbonyl (C=O) groups is 1. The standard InChI is InChI=1S/C14H14BrN3O/c1-9-7-11(10(2)17-9)8-16-18-14(19)12-5-3-4-6-13(12)15/h3-8,17H,1-2H3,(H,18,19)/b16-8+. The number of hydrazone groups is 1. The molecule has 5 heteroatoms. The Kier molecular flexibility index (Phi) is 4.16. The molecule has 1 amide bonds. The second kappa shape index (κ2) is 5.84. The number of aromatic nitrogens is 1. The number of halogens is 1. The number of H-pyrrole nitrogens is 1. The lowest BCUT2D eigenvalue weighted by atomic mass is 10.2. The number of amides is 1. The van der Waals surface area contributed by atoms with Crippen molar-refractivity contribution >= 4 is 28.1 Å². The number of nitrogens with zero attached hydrogens (tertiary/aromatic N) is 1. The molecule has 0 radical (unpaired) electrons. The molecular weight excluding hydrogens is 306 g/mol. The molecule has 19 heavy (non-hydrogen) atoms. The first kappa shape index (κ1) is 13.5. The van der Waals surface area contributed by atoms with Gasteiger partial charge in [-0.2, -0.15) is 5.10 Å². The van der Waals surface area contributed by atoms with E-state index >= 15 is 0 Å². The average molecular weight is 320 g/mol. The Hall–Kier alpha value is -1.88. The lowest BCUT2D eigenvalue weighted by Gasteiger charge is -2.01. The largest absolute Gasteiger partial charge is 0.362 e. The average Bonchev–Trinajstić information content (AvgIpc) is 2.68. The summed E-state index contributed by atoms with van der Waals surface area (Å²) >= 11 is 3.33. The third kappa shape index (κ3) is 3.32. The fourth-order valence-electron chi connectivity index (χ4n) is 1.75.